The van der Waals surface area contributed by atoms with E-state index in [1.54, 1.807) is 18.3 Å². The first-order valence-electron chi connectivity index (χ1n) is 13.3. The number of amides is 4. The summed E-state index contributed by atoms with van der Waals surface area (Å²) < 4.78 is 0. The maximum atomic E-state index is 13.3. The number of aliphatic carboxylic acids is 2. The van der Waals surface area contributed by atoms with Gasteiger partial charge in [-0.25, -0.2) is 4.79 Å². The highest BCUT2D eigenvalue weighted by Gasteiger charge is 2.31. The van der Waals surface area contributed by atoms with Crippen molar-refractivity contribution in [2.24, 2.45) is 27.9 Å². The number of aliphatic imine (C=N–C) groups is 1. The first-order chi connectivity index (χ1) is 20.3. The summed E-state index contributed by atoms with van der Waals surface area (Å²) in [5.74, 6) is -6.42. The van der Waals surface area contributed by atoms with Crippen LogP contribution in [0.15, 0.2) is 35.5 Å². The van der Waals surface area contributed by atoms with Gasteiger partial charge in [-0.2, -0.15) is 0 Å². The fraction of sp³-hybridized carbons (Fsp3) is 0.423. The van der Waals surface area contributed by atoms with Crippen molar-refractivity contribution in [3.05, 3.63) is 36.0 Å². The van der Waals surface area contributed by atoms with E-state index in [2.05, 4.69) is 25.9 Å². The second-order valence-corrected chi connectivity index (χ2v) is 9.74. The number of carboxylic acid groups (broad SMARTS) is 2. The Morgan fingerprint density at radius 1 is 0.860 bits per heavy atom. The molecule has 0 spiro atoms. The number of carbonyl (C=O) groups is 6. The van der Waals surface area contributed by atoms with Crippen LogP contribution in [0.5, 0.6) is 0 Å². The molecule has 2 rings (SSSR count). The van der Waals surface area contributed by atoms with Crippen molar-refractivity contribution in [1.29, 1.82) is 0 Å². The van der Waals surface area contributed by atoms with Gasteiger partial charge in [0.25, 0.3) is 0 Å². The summed E-state index contributed by atoms with van der Waals surface area (Å²) in [5, 5.41) is 26.5. The molecule has 0 saturated heterocycles. The molecule has 1 aromatic heterocycles. The maximum absolute atomic E-state index is 13.3. The molecule has 4 unspecified atom stereocenters. The number of aromatic amines is 1. The van der Waals surface area contributed by atoms with Crippen LogP contribution >= 0.6 is 0 Å². The fourth-order valence-corrected chi connectivity index (χ4v) is 4.14. The molecule has 0 aliphatic carbocycles. The number of rotatable bonds is 18. The smallest absolute Gasteiger partial charge is 0.326 e. The quantitative estimate of drug-likeness (QED) is 0.0477. The first-order valence-corrected chi connectivity index (χ1v) is 13.3. The molecule has 14 N–H and O–H groups in total. The van der Waals surface area contributed by atoms with E-state index in [1.807, 2.05) is 12.1 Å². The molecular weight excluding hydrogens is 566 g/mol. The number of para-hydroxylation sites is 1. The summed E-state index contributed by atoms with van der Waals surface area (Å²) in [5.41, 5.74) is 23.0. The lowest BCUT2D eigenvalue weighted by atomic mass is 10.0. The average Bonchev–Trinajstić information content (AvgIpc) is 3.34. The Hall–Kier alpha value is -5.19. The van der Waals surface area contributed by atoms with E-state index < -0.39 is 72.6 Å². The van der Waals surface area contributed by atoms with Crippen LogP contribution in [0.25, 0.3) is 10.9 Å². The molecule has 4 amide bonds. The number of carbonyl (C=O) groups excluding carboxylic acids is 4. The van der Waals surface area contributed by atoms with E-state index in [1.165, 1.54) is 0 Å². The number of primary amides is 1. The largest absolute Gasteiger partial charge is 0.481 e. The minimum atomic E-state index is -1.56. The van der Waals surface area contributed by atoms with Gasteiger partial charge in [0.1, 0.15) is 18.1 Å². The number of benzene rings is 1. The van der Waals surface area contributed by atoms with Gasteiger partial charge in [-0.3, -0.25) is 29.0 Å². The number of fused-ring (bicyclic) bond motifs is 1. The highest BCUT2D eigenvalue weighted by Crippen LogP contribution is 2.19. The van der Waals surface area contributed by atoms with Gasteiger partial charge in [0.2, 0.25) is 23.6 Å². The lowest BCUT2D eigenvalue weighted by Gasteiger charge is -2.25. The van der Waals surface area contributed by atoms with Crippen LogP contribution in [0, 0.1) is 0 Å². The molecule has 17 nitrogen and oxygen atoms in total. The Bertz CT molecular complexity index is 1360. The number of carboxylic acids is 2. The van der Waals surface area contributed by atoms with E-state index >= 15 is 0 Å². The third-order valence-electron chi connectivity index (χ3n) is 6.34. The summed E-state index contributed by atoms with van der Waals surface area (Å²) in [4.78, 5) is 80.3. The SMILES string of the molecule is NC(=O)CC(NC(=O)C(N)CCC(=O)O)C(=O)NC(CCCN=C(N)N)C(=O)NC(Cc1c[nH]c2ccccc12)C(=O)O. The van der Waals surface area contributed by atoms with Crippen LogP contribution in [0.1, 0.15) is 37.7 Å². The third-order valence-corrected chi connectivity index (χ3v) is 6.34. The van der Waals surface area contributed by atoms with Gasteiger partial charge in [-0.05, 0) is 30.9 Å². The van der Waals surface area contributed by atoms with Gasteiger partial charge in [-0.15, -0.1) is 0 Å². The average molecular weight is 604 g/mol. The lowest BCUT2D eigenvalue weighted by Crippen LogP contribution is -2.58. The molecule has 17 heteroatoms. The van der Waals surface area contributed by atoms with E-state index in [-0.39, 0.29) is 38.2 Å². The predicted molar refractivity (Wildman–Crippen MR) is 154 cm³/mol. The van der Waals surface area contributed by atoms with Crippen molar-refractivity contribution in [1.82, 2.24) is 20.9 Å². The molecule has 234 valence electrons. The van der Waals surface area contributed by atoms with Crippen molar-refractivity contribution < 1.29 is 39.0 Å². The zero-order chi connectivity index (χ0) is 32.1. The molecule has 0 saturated carbocycles. The molecule has 0 fully saturated rings. The van der Waals surface area contributed by atoms with Gasteiger partial charge in [0, 0.05) is 36.5 Å². The van der Waals surface area contributed by atoms with Crippen LogP contribution in [-0.2, 0) is 35.2 Å². The molecule has 4 atom stereocenters. The van der Waals surface area contributed by atoms with Gasteiger partial charge >= 0.3 is 11.9 Å². The molecule has 0 radical (unpaired) electrons. The number of aromatic nitrogens is 1. The predicted octanol–water partition coefficient (Wildman–Crippen LogP) is -2.63. The zero-order valence-corrected chi connectivity index (χ0v) is 23.2. The second kappa shape index (κ2) is 16.3. The van der Waals surface area contributed by atoms with E-state index in [4.69, 9.17) is 28.0 Å². The molecule has 0 aliphatic heterocycles. The van der Waals surface area contributed by atoms with Crippen LogP contribution in [0.3, 0.4) is 0 Å². The summed E-state index contributed by atoms with van der Waals surface area (Å²) in [6, 6.07) is 1.64. The summed E-state index contributed by atoms with van der Waals surface area (Å²) in [6.45, 7) is 0.0829. The van der Waals surface area contributed by atoms with Crippen LogP contribution in [0.2, 0.25) is 0 Å². The molecule has 1 aromatic carbocycles. The Morgan fingerprint density at radius 3 is 2.12 bits per heavy atom. The van der Waals surface area contributed by atoms with Gasteiger partial charge in [-0.1, -0.05) is 18.2 Å². The maximum Gasteiger partial charge on any atom is 0.326 e. The van der Waals surface area contributed by atoms with Crippen molar-refractivity contribution in [3.8, 4) is 0 Å². The molecule has 43 heavy (non-hydrogen) atoms. The summed E-state index contributed by atoms with van der Waals surface area (Å²) in [6.07, 6.45) is 0.377. The monoisotopic (exact) mass is 603 g/mol. The molecule has 0 aliphatic rings. The number of hydrogen-bond acceptors (Lipinski definition) is 8. The Labute approximate surface area is 245 Å². The molecule has 1 heterocycles. The highest BCUT2D eigenvalue weighted by atomic mass is 16.4. The minimum absolute atomic E-state index is 0.0524. The molecule has 2 aromatic rings. The standard InChI is InChI=1S/C26H37N9O8/c27-15(7-8-21(37)38)22(39)34-18(11-20(28)36)24(41)33-17(6-3-9-31-26(29)30)23(40)35-19(25(42)43)10-13-12-32-16-5-2-1-4-14(13)16/h1-2,4-5,12,15,17-19,32H,3,6-11,27H2,(H2,28,36)(H,33,41)(H,34,39)(H,35,40)(H,37,38)(H,42,43)(H4,29,30,31). The number of nitrogens with zero attached hydrogens (tertiary/aromatic N) is 1. The minimum Gasteiger partial charge on any atom is -0.481 e. The normalized spacial score (nSPS) is 13.6. The Morgan fingerprint density at radius 2 is 1.49 bits per heavy atom. The number of H-pyrrole nitrogens is 1. The van der Waals surface area contributed by atoms with Crippen molar-refractivity contribution >= 4 is 52.4 Å². The number of nitrogens with two attached hydrogens (primary N) is 4. The van der Waals surface area contributed by atoms with E-state index in [9.17, 15) is 33.9 Å². The Kier molecular flexibility index (Phi) is 12.9. The number of nitrogens with one attached hydrogen (secondary N) is 4. The van der Waals surface area contributed by atoms with Gasteiger partial charge < -0.3 is 54.1 Å². The van der Waals surface area contributed by atoms with Crippen molar-refractivity contribution in [3.63, 3.8) is 0 Å². The first kappa shape index (κ1) is 34.0. The van der Waals surface area contributed by atoms with Crippen LogP contribution < -0.4 is 38.9 Å². The van der Waals surface area contributed by atoms with Gasteiger partial charge in [0.15, 0.2) is 5.96 Å². The fourth-order valence-electron chi connectivity index (χ4n) is 4.14. The molecule has 0 bridgehead atoms. The highest BCUT2D eigenvalue weighted by molar-refractivity contribution is 5.96. The topological polar surface area (TPSA) is 311 Å². The third kappa shape index (κ3) is 11.3. The number of hydrogen-bond donors (Lipinski definition) is 10. The van der Waals surface area contributed by atoms with Crippen molar-refractivity contribution in [2.45, 2.75) is 62.7 Å². The summed E-state index contributed by atoms with van der Waals surface area (Å²) >= 11 is 0. The van der Waals surface area contributed by atoms with Crippen LogP contribution in [0.4, 0.5) is 0 Å². The lowest BCUT2D eigenvalue weighted by molar-refractivity contribution is -0.142. The van der Waals surface area contributed by atoms with Gasteiger partial charge in [0.05, 0.1) is 12.5 Å². The van der Waals surface area contributed by atoms with E-state index in [0.717, 1.165) is 10.9 Å². The second-order valence-electron chi connectivity index (χ2n) is 9.74. The van der Waals surface area contributed by atoms with Crippen molar-refractivity contribution in [2.75, 3.05) is 6.54 Å². The number of guanidine groups is 1. The molecular formula is C26H37N9O8. The zero-order valence-electron chi connectivity index (χ0n) is 23.2. The van der Waals surface area contributed by atoms with Crippen LogP contribution in [-0.4, -0.2) is 87.4 Å². The Balaban J connectivity index is 2.22. The van der Waals surface area contributed by atoms with E-state index in [0.29, 0.717) is 5.56 Å². The summed E-state index contributed by atoms with van der Waals surface area (Å²) in [7, 11) is 0.